The summed E-state index contributed by atoms with van der Waals surface area (Å²) in [7, 11) is -0.993. The summed E-state index contributed by atoms with van der Waals surface area (Å²) in [4.78, 5) is 21.4. The van der Waals surface area contributed by atoms with E-state index in [0.29, 0.717) is 17.9 Å². The van der Waals surface area contributed by atoms with Crippen LogP contribution in [-0.2, 0) is 28.7 Å². The number of aromatic nitrogens is 3. The maximum atomic E-state index is 12.0. The summed E-state index contributed by atoms with van der Waals surface area (Å²) in [6.07, 6.45) is 3.68. The largest absolute Gasteiger partial charge is 0.450 e. The lowest BCUT2D eigenvalue weighted by Crippen LogP contribution is -2.17. The normalized spacial score (nSPS) is 12.4. The number of carbonyl (C=O) groups excluding carboxylic acids is 1. The molecule has 29 heavy (non-hydrogen) atoms. The van der Waals surface area contributed by atoms with E-state index in [0.717, 1.165) is 48.1 Å². The number of anilines is 1. The number of pyridine rings is 1. The van der Waals surface area contributed by atoms with E-state index in [9.17, 15) is 9.00 Å². The lowest BCUT2D eigenvalue weighted by atomic mass is 10.2. The van der Waals surface area contributed by atoms with Crippen LogP contribution in [0.5, 0.6) is 0 Å². The van der Waals surface area contributed by atoms with Crippen molar-refractivity contribution in [2.75, 3.05) is 24.7 Å². The highest BCUT2D eigenvalue weighted by Crippen LogP contribution is 2.30. The number of hydrogen-bond donors (Lipinski definition) is 2. The summed E-state index contributed by atoms with van der Waals surface area (Å²) in [6, 6.07) is 7.85. The van der Waals surface area contributed by atoms with Gasteiger partial charge in [-0.05, 0) is 25.8 Å². The molecule has 0 saturated heterocycles. The Bertz CT molecular complexity index is 1030. The third kappa shape index (κ3) is 4.91. The summed E-state index contributed by atoms with van der Waals surface area (Å²) in [5.74, 6) is 1.35. The Hall–Kier alpha value is -2.52. The smallest absolute Gasteiger partial charge is 0.412 e. The molecule has 1 aromatic carbocycles. The van der Waals surface area contributed by atoms with E-state index in [2.05, 4.69) is 26.5 Å². The van der Waals surface area contributed by atoms with Crippen molar-refractivity contribution in [2.24, 2.45) is 0 Å². The number of nitrogens with one attached hydrogen (secondary N) is 2. The van der Waals surface area contributed by atoms with Crippen molar-refractivity contribution in [1.29, 1.82) is 0 Å². The van der Waals surface area contributed by atoms with Crippen molar-refractivity contribution >= 4 is 44.8 Å². The van der Waals surface area contributed by atoms with Crippen LogP contribution in [0, 0.1) is 0 Å². The zero-order valence-corrected chi connectivity index (χ0v) is 17.8. The number of rotatable bonds is 9. The van der Waals surface area contributed by atoms with Crippen molar-refractivity contribution in [3.8, 4) is 0 Å². The molecule has 0 aliphatic heterocycles. The van der Waals surface area contributed by atoms with Crippen molar-refractivity contribution < 1.29 is 13.7 Å². The van der Waals surface area contributed by atoms with Crippen molar-refractivity contribution in [3.05, 3.63) is 30.1 Å². The summed E-state index contributed by atoms with van der Waals surface area (Å²) in [5.41, 5.74) is 2.42. The predicted molar refractivity (Wildman–Crippen MR) is 116 cm³/mol. The molecule has 2 N–H and O–H groups in total. The minimum atomic E-state index is -0.993. The van der Waals surface area contributed by atoms with E-state index in [4.69, 9.17) is 9.72 Å². The van der Waals surface area contributed by atoms with Gasteiger partial charge >= 0.3 is 6.09 Å². The third-order valence-electron chi connectivity index (χ3n) is 4.59. The Morgan fingerprint density at radius 3 is 2.72 bits per heavy atom. The average Bonchev–Trinajstić information content (AvgIpc) is 3.07. The minimum Gasteiger partial charge on any atom is -0.450 e. The first-order valence-corrected chi connectivity index (χ1v) is 11.4. The second-order valence-corrected chi connectivity index (χ2v) is 7.81. The number of hydrogen-bond acceptors (Lipinski definition) is 5. The molecular formula is C20H27N5O3S. The first-order chi connectivity index (χ1) is 14.0. The number of imidazole rings is 1. The molecule has 156 valence electrons. The van der Waals surface area contributed by atoms with E-state index >= 15 is 0 Å². The van der Waals surface area contributed by atoms with Gasteiger partial charge in [0.15, 0.2) is 5.82 Å². The van der Waals surface area contributed by atoms with Gasteiger partial charge in [-0.15, -0.1) is 0 Å². The number of carbonyl (C=O) groups is 1. The molecule has 0 bridgehead atoms. The van der Waals surface area contributed by atoms with Crippen LogP contribution in [0.15, 0.2) is 24.3 Å². The molecule has 9 heteroatoms. The Morgan fingerprint density at radius 2 is 2.00 bits per heavy atom. The molecule has 3 aromatic rings. The summed E-state index contributed by atoms with van der Waals surface area (Å²) in [6.45, 7) is 5.59. The van der Waals surface area contributed by atoms with E-state index in [-0.39, 0.29) is 6.61 Å². The lowest BCUT2D eigenvalue weighted by molar-refractivity contribution is 0.168. The molecule has 0 aliphatic carbocycles. The van der Waals surface area contributed by atoms with Gasteiger partial charge < -0.3 is 9.30 Å². The number of unbranched alkanes of at least 4 members (excludes halogenated alkanes) is 1. The van der Waals surface area contributed by atoms with Gasteiger partial charge in [0, 0.05) is 31.2 Å². The highest BCUT2D eigenvalue weighted by molar-refractivity contribution is 7.82. The molecule has 2 heterocycles. The summed E-state index contributed by atoms with van der Waals surface area (Å²) >= 11 is 0. The topological polar surface area (TPSA) is 98.1 Å². The first-order valence-electron chi connectivity index (χ1n) is 9.83. The van der Waals surface area contributed by atoms with Crippen LogP contribution in [-0.4, -0.2) is 44.2 Å². The standard InChI is InChI=1S/C20H27N5O3S/c1-4-16-23-17-18(25(16)13-9-8-12-21-29(3)27)14-10-6-7-11-15(14)22-19(17)24-20(26)28-5-2/h6-7,10-11,21H,4-5,8-9,12-13H2,1-3H3,(H,22,24,26). The van der Waals surface area contributed by atoms with Gasteiger partial charge in [0.25, 0.3) is 0 Å². The average molecular weight is 418 g/mol. The number of benzene rings is 1. The van der Waals surface area contributed by atoms with Crippen molar-refractivity contribution in [2.45, 2.75) is 39.7 Å². The number of para-hydroxylation sites is 1. The van der Waals surface area contributed by atoms with E-state index < -0.39 is 17.1 Å². The Kier molecular flexibility index (Phi) is 7.16. The molecule has 0 fully saturated rings. The SMILES string of the molecule is CCOC(=O)Nc1nc2ccccc2c2c1nc(CC)n2CCCCNS(C)=O. The number of aryl methyl sites for hydroxylation is 2. The fourth-order valence-electron chi connectivity index (χ4n) is 3.35. The molecular weight excluding hydrogens is 390 g/mol. The number of amides is 1. The Morgan fingerprint density at radius 1 is 1.21 bits per heavy atom. The molecule has 2 aromatic heterocycles. The minimum absolute atomic E-state index is 0.286. The first kappa shape index (κ1) is 21.2. The van der Waals surface area contributed by atoms with Crippen LogP contribution in [0.2, 0.25) is 0 Å². The van der Waals surface area contributed by atoms with E-state index in [1.54, 1.807) is 13.2 Å². The zero-order valence-electron chi connectivity index (χ0n) is 17.0. The number of ether oxygens (including phenoxy) is 1. The van der Waals surface area contributed by atoms with Crippen LogP contribution in [0.1, 0.15) is 32.5 Å². The summed E-state index contributed by atoms with van der Waals surface area (Å²) in [5, 5.41) is 3.74. The lowest BCUT2D eigenvalue weighted by Gasteiger charge is -2.11. The fraction of sp³-hybridized carbons (Fsp3) is 0.450. The van der Waals surface area contributed by atoms with Crippen LogP contribution < -0.4 is 10.0 Å². The quantitative estimate of drug-likeness (QED) is 0.520. The van der Waals surface area contributed by atoms with Crippen LogP contribution >= 0.6 is 0 Å². The second kappa shape index (κ2) is 9.80. The van der Waals surface area contributed by atoms with Crippen molar-refractivity contribution in [1.82, 2.24) is 19.3 Å². The monoisotopic (exact) mass is 417 g/mol. The molecule has 0 radical (unpaired) electrons. The maximum Gasteiger partial charge on any atom is 0.412 e. The predicted octanol–water partition coefficient (Wildman–Crippen LogP) is 3.38. The van der Waals surface area contributed by atoms with Gasteiger partial charge in [-0.3, -0.25) is 5.32 Å². The summed E-state index contributed by atoms with van der Waals surface area (Å²) < 4.78 is 21.3. The Balaban J connectivity index is 2.02. The molecule has 1 unspecified atom stereocenters. The molecule has 8 nitrogen and oxygen atoms in total. The van der Waals surface area contributed by atoms with Gasteiger partial charge in [0.1, 0.15) is 11.3 Å². The highest BCUT2D eigenvalue weighted by Gasteiger charge is 2.19. The van der Waals surface area contributed by atoms with Gasteiger partial charge in [-0.1, -0.05) is 25.1 Å². The Labute approximate surface area is 172 Å². The van der Waals surface area contributed by atoms with Crippen LogP contribution in [0.4, 0.5) is 10.6 Å². The van der Waals surface area contributed by atoms with E-state index in [1.807, 2.05) is 24.3 Å². The number of fused-ring (bicyclic) bond motifs is 3. The van der Waals surface area contributed by atoms with Gasteiger partial charge in [0.05, 0.1) is 28.6 Å². The zero-order chi connectivity index (χ0) is 20.8. The van der Waals surface area contributed by atoms with Gasteiger partial charge in [-0.25, -0.2) is 23.7 Å². The maximum absolute atomic E-state index is 12.0. The third-order valence-corrected chi connectivity index (χ3v) is 5.20. The second-order valence-electron chi connectivity index (χ2n) is 6.61. The molecule has 3 rings (SSSR count). The van der Waals surface area contributed by atoms with Crippen LogP contribution in [0.25, 0.3) is 21.9 Å². The van der Waals surface area contributed by atoms with Gasteiger partial charge in [0.2, 0.25) is 0 Å². The van der Waals surface area contributed by atoms with Crippen molar-refractivity contribution in [3.63, 3.8) is 0 Å². The number of nitrogens with zero attached hydrogens (tertiary/aromatic N) is 3. The molecule has 1 atom stereocenters. The molecule has 0 spiro atoms. The van der Waals surface area contributed by atoms with Crippen LogP contribution in [0.3, 0.4) is 0 Å². The highest BCUT2D eigenvalue weighted by atomic mass is 32.2. The van der Waals surface area contributed by atoms with Gasteiger partial charge in [-0.2, -0.15) is 0 Å². The molecule has 0 aliphatic rings. The van der Waals surface area contributed by atoms with E-state index in [1.165, 1.54) is 0 Å². The molecule has 0 saturated carbocycles. The fourth-order valence-corrected chi connectivity index (χ4v) is 3.79. The molecule has 1 amide bonds.